The molecule has 1 aromatic carbocycles. The zero-order valence-electron chi connectivity index (χ0n) is 11.0. The van der Waals surface area contributed by atoms with Crippen LogP contribution in [0, 0.1) is 5.92 Å². The quantitative estimate of drug-likeness (QED) is 0.631. The lowest BCUT2D eigenvalue weighted by Gasteiger charge is -2.10. The highest BCUT2D eigenvalue weighted by molar-refractivity contribution is 6.20. The zero-order valence-corrected chi connectivity index (χ0v) is 11.7. The van der Waals surface area contributed by atoms with E-state index in [0.717, 1.165) is 31.2 Å². The largest absolute Gasteiger partial charge is 0.497 e. The van der Waals surface area contributed by atoms with Crippen molar-refractivity contribution in [1.82, 2.24) is 5.32 Å². The van der Waals surface area contributed by atoms with Gasteiger partial charge >= 0.3 is 0 Å². The first-order valence-electron chi connectivity index (χ1n) is 6.75. The van der Waals surface area contributed by atoms with E-state index in [1.165, 1.54) is 24.8 Å². The summed E-state index contributed by atoms with van der Waals surface area (Å²) in [5, 5.41) is 3.95. The van der Waals surface area contributed by atoms with Crippen LogP contribution in [0.3, 0.4) is 0 Å². The maximum Gasteiger partial charge on any atom is 0.118 e. The van der Waals surface area contributed by atoms with Crippen molar-refractivity contribution >= 4 is 11.6 Å². The number of hydrogen-bond donors (Lipinski definition) is 1. The van der Waals surface area contributed by atoms with Gasteiger partial charge in [0, 0.05) is 5.38 Å². The number of alkyl halides is 1. The van der Waals surface area contributed by atoms with E-state index >= 15 is 0 Å². The molecule has 0 saturated heterocycles. The van der Waals surface area contributed by atoms with E-state index in [0.29, 0.717) is 5.38 Å². The highest BCUT2D eigenvalue weighted by atomic mass is 35.5. The molecule has 2 rings (SSSR count). The van der Waals surface area contributed by atoms with Gasteiger partial charge in [-0.05, 0) is 62.4 Å². The number of benzene rings is 1. The average Bonchev–Trinajstić information content (AvgIpc) is 2.81. The lowest BCUT2D eigenvalue weighted by atomic mass is 10.1. The van der Waals surface area contributed by atoms with Gasteiger partial charge in [0.1, 0.15) is 5.75 Å². The standard InChI is InChI=1S/C15H22ClNO/c1-18-15-6-3-12(4-7-15)8-9-17-11-13-2-5-14(16)10-13/h3-4,6-7,13-14,17H,2,5,8-11H2,1H3. The van der Waals surface area contributed by atoms with Crippen LogP contribution in [0.2, 0.25) is 0 Å². The van der Waals surface area contributed by atoms with Gasteiger partial charge in [-0.2, -0.15) is 0 Å². The summed E-state index contributed by atoms with van der Waals surface area (Å²) in [5.41, 5.74) is 1.35. The number of methoxy groups -OCH3 is 1. The Morgan fingerprint density at radius 2 is 2.06 bits per heavy atom. The molecule has 1 aliphatic rings. The van der Waals surface area contributed by atoms with Crippen LogP contribution in [0.25, 0.3) is 0 Å². The summed E-state index contributed by atoms with van der Waals surface area (Å²) < 4.78 is 5.14. The van der Waals surface area contributed by atoms with Crippen LogP contribution in [0.1, 0.15) is 24.8 Å². The molecule has 0 bridgehead atoms. The molecule has 0 radical (unpaired) electrons. The van der Waals surface area contributed by atoms with E-state index in [4.69, 9.17) is 16.3 Å². The lowest BCUT2D eigenvalue weighted by Crippen LogP contribution is -2.23. The SMILES string of the molecule is COc1ccc(CCNCC2CCC(Cl)C2)cc1. The lowest BCUT2D eigenvalue weighted by molar-refractivity contribution is 0.414. The third-order valence-electron chi connectivity index (χ3n) is 3.66. The summed E-state index contributed by atoms with van der Waals surface area (Å²) in [6.45, 7) is 2.15. The fourth-order valence-corrected chi connectivity index (χ4v) is 2.91. The van der Waals surface area contributed by atoms with E-state index in [2.05, 4.69) is 17.4 Å². The molecule has 1 aromatic rings. The first kappa shape index (κ1) is 13.7. The van der Waals surface area contributed by atoms with Crippen molar-refractivity contribution in [3.8, 4) is 5.75 Å². The Morgan fingerprint density at radius 3 is 2.67 bits per heavy atom. The van der Waals surface area contributed by atoms with Crippen LogP contribution >= 0.6 is 11.6 Å². The Bertz CT molecular complexity index is 352. The summed E-state index contributed by atoms with van der Waals surface area (Å²) in [4.78, 5) is 0. The number of halogens is 1. The van der Waals surface area contributed by atoms with Gasteiger partial charge in [0.2, 0.25) is 0 Å². The number of hydrogen-bond acceptors (Lipinski definition) is 2. The van der Waals surface area contributed by atoms with Gasteiger partial charge in [-0.15, -0.1) is 11.6 Å². The highest BCUT2D eigenvalue weighted by Crippen LogP contribution is 2.28. The summed E-state index contributed by atoms with van der Waals surface area (Å²) >= 11 is 6.10. The van der Waals surface area contributed by atoms with E-state index < -0.39 is 0 Å². The Kier molecular flexibility index (Phi) is 5.33. The zero-order chi connectivity index (χ0) is 12.8. The van der Waals surface area contributed by atoms with Crippen LogP contribution in [-0.4, -0.2) is 25.6 Å². The molecule has 100 valence electrons. The fourth-order valence-electron chi connectivity index (χ4n) is 2.53. The van der Waals surface area contributed by atoms with Gasteiger partial charge in [0.25, 0.3) is 0 Å². The normalized spacial score (nSPS) is 23.2. The molecule has 2 atom stereocenters. The van der Waals surface area contributed by atoms with Crippen molar-refractivity contribution in [1.29, 1.82) is 0 Å². The Balaban J connectivity index is 1.62. The van der Waals surface area contributed by atoms with Crippen molar-refractivity contribution in [2.75, 3.05) is 20.2 Å². The molecule has 3 heteroatoms. The van der Waals surface area contributed by atoms with Crippen LogP contribution in [0.5, 0.6) is 5.75 Å². The maximum absolute atomic E-state index is 6.10. The van der Waals surface area contributed by atoms with Gasteiger partial charge in [0.15, 0.2) is 0 Å². The molecule has 1 saturated carbocycles. The summed E-state index contributed by atoms with van der Waals surface area (Å²) in [7, 11) is 1.70. The Labute approximate surface area is 115 Å². The maximum atomic E-state index is 6.10. The molecular weight excluding hydrogens is 246 g/mol. The van der Waals surface area contributed by atoms with Crippen LogP contribution in [0.4, 0.5) is 0 Å². The highest BCUT2D eigenvalue weighted by Gasteiger charge is 2.21. The summed E-state index contributed by atoms with van der Waals surface area (Å²) in [6, 6.07) is 8.30. The first-order valence-corrected chi connectivity index (χ1v) is 7.19. The Morgan fingerprint density at radius 1 is 1.28 bits per heavy atom. The number of nitrogens with one attached hydrogen (secondary N) is 1. The minimum atomic E-state index is 0.415. The fraction of sp³-hybridized carbons (Fsp3) is 0.600. The molecule has 0 aliphatic heterocycles. The number of rotatable bonds is 6. The Hall–Kier alpha value is -0.730. The topological polar surface area (TPSA) is 21.3 Å². The monoisotopic (exact) mass is 267 g/mol. The summed E-state index contributed by atoms with van der Waals surface area (Å²) in [5.74, 6) is 1.70. The van der Waals surface area contributed by atoms with E-state index in [-0.39, 0.29) is 0 Å². The molecule has 2 nitrogen and oxygen atoms in total. The minimum Gasteiger partial charge on any atom is -0.497 e. The predicted octanol–water partition coefficient (Wildman–Crippen LogP) is 3.23. The second-order valence-electron chi connectivity index (χ2n) is 5.08. The van der Waals surface area contributed by atoms with Crippen LogP contribution in [0.15, 0.2) is 24.3 Å². The molecule has 1 N–H and O–H groups in total. The van der Waals surface area contributed by atoms with Crippen LogP contribution < -0.4 is 10.1 Å². The van der Waals surface area contributed by atoms with Gasteiger partial charge in [-0.1, -0.05) is 12.1 Å². The molecule has 0 spiro atoms. The number of ether oxygens (including phenoxy) is 1. The summed E-state index contributed by atoms with van der Waals surface area (Å²) in [6.07, 6.45) is 4.72. The second-order valence-corrected chi connectivity index (χ2v) is 5.70. The van der Waals surface area contributed by atoms with Gasteiger partial charge in [-0.25, -0.2) is 0 Å². The van der Waals surface area contributed by atoms with E-state index in [1.54, 1.807) is 7.11 Å². The molecule has 1 fully saturated rings. The average molecular weight is 268 g/mol. The third-order valence-corrected chi connectivity index (χ3v) is 4.06. The minimum absolute atomic E-state index is 0.415. The van der Waals surface area contributed by atoms with Crippen molar-refractivity contribution in [3.63, 3.8) is 0 Å². The first-order chi connectivity index (χ1) is 8.78. The van der Waals surface area contributed by atoms with Gasteiger partial charge < -0.3 is 10.1 Å². The van der Waals surface area contributed by atoms with Crippen LogP contribution in [-0.2, 0) is 6.42 Å². The second kappa shape index (κ2) is 7.01. The van der Waals surface area contributed by atoms with E-state index in [9.17, 15) is 0 Å². The van der Waals surface area contributed by atoms with Crippen molar-refractivity contribution in [2.45, 2.75) is 31.1 Å². The van der Waals surface area contributed by atoms with Gasteiger partial charge in [-0.3, -0.25) is 0 Å². The molecule has 1 aliphatic carbocycles. The van der Waals surface area contributed by atoms with E-state index in [1.807, 2.05) is 12.1 Å². The van der Waals surface area contributed by atoms with Crippen molar-refractivity contribution < 1.29 is 4.74 Å². The van der Waals surface area contributed by atoms with Gasteiger partial charge in [0.05, 0.1) is 7.11 Å². The smallest absolute Gasteiger partial charge is 0.118 e. The van der Waals surface area contributed by atoms with Crippen molar-refractivity contribution in [2.24, 2.45) is 5.92 Å². The molecule has 0 aromatic heterocycles. The molecule has 0 heterocycles. The molecular formula is C15H22ClNO. The predicted molar refractivity (Wildman–Crippen MR) is 76.5 cm³/mol. The van der Waals surface area contributed by atoms with Crippen molar-refractivity contribution in [3.05, 3.63) is 29.8 Å². The molecule has 18 heavy (non-hydrogen) atoms. The molecule has 2 unspecified atom stereocenters. The third kappa shape index (κ3) is 4.18. The molecule has 0 amide bonds.